The lowest BCUT2D eigenvalue weighted by atomic mass is 9.70. The van der Waals surface area contributed by atoms with Crippen LogP contribution >= 0.6 is 0 Å². The molecule has 0 spiro atoms. The van der Waals surface area contributed by atoms with E-state index >= 15 is 0 Å². The van der Waals surface area contributed by atoms with Crippen molar-refractivity contribution in [3.63, 3.8) is 0 Å². The van der Waals surface area contributed by atoms with Crippen LogP contribution in [-0.2, 0) is 19.9 Å². The van der Waals surface area contributed by atoms with Gasteiger partial charge in [0.05, 0.1) is 0 Å². The Balaban J connectivity index is 1.59. The number of nitrogens with zero attached hydrogens (tertiary/aromatic N) is 2. The van der Waals surface area contributed by atoms with Gasteiger partial charge in [0.1, 0.15) is 11.4 Å². The maximum Gasteiger partial charge on any atom is 0.230 e. The van der Waals surface area contributed by atoms with Crippen molar-refractivity contribution in [2.45, 2.75) is 18.3 Å². The number of allylic oxidation sites excluding steroid dienone is 10. The number of hydrogen-bond donors (Lipinski definition) is 0. The zero-order chi connectivity index (χ0) is 21.0. The highest BCUT2D eigenvalue weighted by Crippen LogP contribution is 2.43. The van der Waals surface area contributed by atoms with Crippen LogP contribution in [0.1, 0.15) is 28.8 Å². The number of rotatable bonds is 2. The Morgan fingerprint density at radius 3 is 2.00 bits per heavy atom. The Hall–Kier alpha value is -4.06. The molecule has 5 aliphatic rings. The van der Waals surface area contributed by atoms with Crippen molar-refractivity contribution in [3.05, 3.63) is 107 Å². The summed E-state index contributed by atoms with van der Waals surface area (Å²) in [5, 5.41) is 8.60. The summed E-state index contributed by atoms with van der Waals surface area (Å²) in [6.45, 7) is 0. The topological polar surface area (TPSA) is 77.3 Å². The number of carbonyl (C=O) groups excluding carboxylic acids is 2. The summed E-state index contributed by atoms with van der Waals surface area (Å²) in [7, 11) is 0. The van der Waals surface area contributed by atoms with Gasteiger partial charge >= 0.3 is 0 Å². The van der Waals surface area contributed by atoms with Crippen LogP contribution in [0.5, 0.6) is 0 Å². The number of hydrogen-bond acceptors (Lipinski definition) is 6. The molecule has 0 aromatic heterocycles. The lowest BCUT2D eigenvalue weighted by Gasteiger charge is -2.32. The van der Waals surface area contributed by atoms with E-state index in [1.165, 1.54) is 0 Å². The zero-order valence-electron chi connectivity index (χ0n) is 16.4. The van der Waals surface area contributed by atoms with Crippen molar-refractivity contribution in [2.75, 3.05) is 0 Å². The summed E-state index contributed by atoms with van der Waals surface area (Å²) < 4.78 is 0. The van der Waals surface area contributed by atoms with Gasteiger partial charge in [0, 0.05) is 16.7 Å². The molecule has 6 rings (SSSR count). The van der Waals surface area contributed by atoms with Gasteiger partial charge in [0.15, 0.2) is 16.9 Å². The molecule has 0 N–H and O–H groups in total. The van der Waals surface area contributed by atoms with E-state index < -0.39 is 17.0 Å². The minimum atomic E-state index is -1.52. The fourth-order valence-corrected chi connectivity index (χ4v) is 4.55. The second-order valence-corrected chi connectivity index (χ2v) is 7.76. The van der Waals surface area contributed by atoms with Crippen molar-refractivity contribution < 1.29 is 19.3 Å². The van der Waals surface area contributed by atoms with Crippen LogP contribution in [0.25, 0.3) is 0 Å². The van der Waals surface area contributed by atoms with Gasteiger partial charge in [0.25, 0.3) is 0 Å². The van der Waals surface area contributed by atoms with Gasteiger partial charge in [-0.1, -0.05) is 58.9 Å². The molecule has 0 radical (unpaired) electrons. The molecule has 0 saturated carbocycles. The summed E-state index contributed by atoms with van der Waals surface area (Å²) >= 11 is 0. The monoisotopic (exact) mass is 408 g/mol. The van der Waals surface area contributed by atoms with Crippen molar-refractivity contribution in [3.8, 4) is 0 Å². The molecule has 1 aromatic carbocycles. The Labute approximate surface area is 177 Å². The average Bonchev–Trinajstić information content (AvgIpc) is 3.06. The van der Waals surface area contributed by atoms with E-state index in [1.54, 1.807) is 24.3 Å². The molecule has 1 aromatic rings. The SMILES string of the molecule is O=C1C(=O)C(C2=NOC3=CC=CCC3=C2)(C2=NOC3=CC=CCC3=C2)c2ccccc21. The van der Waals surface area contributed by atoms with Crippen molar-refractivity contribution in [1.82, 2.24) is 0 Å². The zero-order valence-corrected chi connectivity index (χ0v) is 16.4. The first-order chi connectivity index (χ1) is 15.2. The van der Waals surface area contributed by atoms with Crippen LogP contribution in [0.2, 0.25) is 0 Å². The predicted octanol–water partition coefficient (Wildman–Crippen LogP) is 4.00. The summed E-state index contributed by atoms with van der Waals surface area (Å²) in [6.07, 6.45) is 16.4. The first kappa shape index (κ1) is 17.8. The summed E-state index contributed by atoms with van der Waals surface area (Å²) in [5.74, 6) is 0.0979. The van der Waals surface area contributed by atoms with Crippen LogP contribution in [0.15, 0.2) is 106 Å². The number of fused-ring (bicyclic) bond motifs is 3. The molecule has 2 aliphatic heterocycles. The number of oxime groups is 2. The van der Waals surface area contributed by atoms with Gasteiger partial charge in [-0.3, -0.25) is 9.59 Å². The van der Waals surface area contributed by atoms with Gasteiger partial charge in [-0.25, -0.2) is 0 Å². The molecule has 3 aliphatic carbocycles. The van der Waals surface area contributed by atoms with Crippen molar-refractivity contribution in [1.29, 1.82) is 0 Å². The molecule has 0 fully saturated rings. The summed E-state index contributed by atoms with van der Waals surface area (Å²) in [6, 6.07) is 6.99. The fraction of sp³-hybridized carbons (Fsp3) is 0.120. The fourth-order valence-electron chi connectivity index (χ4n) is 4.55. The van der Waals surface area contributed by atoms with E-state index in [1.807, 2.05) is 48.6 Å². The van der Waals surface area contributed by atoms with Crippen LogP contribution in [0.3, 0.4) is 0 Å². The van der Waals surface area contributed by atoms with Crippen LogP contribution in [0, 0.1) is 0 Å². The second-order valence-electron chi connectivity index (χ2n) is 7.76. The molecular formula is C25H16N2O4. The average molecular weight is 408 g/mol. The number of ketones is 2. The van der Waals surface area contributed by atoms with Gasteiger partial charge < -0.3 is 9.68 Å². The maximum atomic E-state index is 13.7. The Morgan fingerprint density at radius 2 is 1.39 bits per heavy atom. The third kappa shape index (κ3) is 2.39. The maximum absolute atomic E-state index is 13.7. The number of Topliss-reactive ketones (excluding diaryl/α,β-unsaturated/α-hetero) is 2. The number of benzene rings is 1. The standard InChI is InChI=1S/C25H16N2O4/c28-23-17-9-3-4-10-18(17)25(24(23)29,21-13-15-7-1-5-11-19(15)30-26-21)22-14-16-8-2-6-12-20(16)31-27-22/h1-6,9-14H,7-8H2. The highest BCUT2D eigenvalue weighted by molar-refractivity contribution is 6.61. The molecule has 2 heterocycles. The van der Waals surface area contributed by atoms with Gasteiger partial charge in [-0.05, 0) is 42.7 Å². The van der Waals surface area contributed by atoms with Crippen LogP contribution in [0.4, 0.5) is 0 Å². The minimum absolute atomic E-state index is 0.330. The third-order valence-electron chi connectivity index (χ3n) is 6.07. The van der Waals surface area contributed by atoms with E-state index in [4.69, 9.17) is 9.68 Å². The Kier molecular flexibility index (Phi) is 3.71. The normalized spacial score (nSPS) is 22.5. The first-order valence-electron chi connectivity index (χ1n) is 10.0. The molecule has 0 bridgehead atoms. The van der Waals surface area contributed by atoms with E-state index in [2.05, 4.69) is 10.3 Å². The van der Waals surface area contributed by atoms with E-state index in [9.17, 15) is 9.59 Å². The molecule has 6 heteroatoms. The molecular weight excluding hydrogens is 392 g/mol. The highest BCUT2D eigenvalue weighted by Gasteiger charge is 2.59. The molecule has 0 atom stereocenters. The molecule has 0 saturated heterocycles. The smallest absolute Gasteiger partial charge is 0.230 e. The van der Waals surface area contributed by atoms with Crippen molar-refractivity contribution in [2.24, 2.45) is 10.3 Å². The van der Waals surface area contributed by atoms with Crippen LogP contribution < -0.4 is 0 Å². The molecule has 150 valence electrons. The second kappa shape index (κ2) is 6.47. The van der Waals surface area contributed by atoms with E-state index in [0.717, 1.165) is 11.1 Å². The predicted molar refractivity (Wildman–Crippen MR) is 114 cm³/mol. The number of carbonyl (C=O) groups is 2. The first-order valence-corrected chi connectivity index (χ1v) is 10.0. The quantitative estimate of drug-likeness (QED) is 0.693. The Morgan fingerprint density at radius 1 is 0.806 bits per heavy atom. The van der Waals surface area contributed by atoms with E-state index in [0.29, 0.717) is 46.9 Å². The Bertz CT molecular complexity index is 1250. The van der Waals surface area contributed by atoms with E-state index in [-0.39, 0.29) is 0 Å². The largest absolute Gasteiger partial charge is 0.356 e. The van der Waals surface area contributed by atoms with Gasteiger partial charge in [-0.15, -0.1) is 0 Å². The van der Waals surface area contributed by atoms with Gasteiger partial charge in [-0.2, -0.15) is 0 Å². The summed E-state index contributed by atoms with van der Waals surface area (Å²) in [4.78, 5) is 38.0. The van der Waals surface area contributed by atoms with Crippen LogP contribution in [-0.4, -0.2) is 23.0 Å². The molecule has 6 nitrogen and oxygen atoms in total. The minimum Gasteiger partial charge on any atom is -0.356 e. The summed E-state index contributed by atoms with van der Waals surface area (Å²) in [5.41, 5.74) is 1.82. The third-order valence-corrected chi connectivity index (χ3v) is 6.07. The molecule has 0 amide bonds. The lowest BCUT2D eigenvalue weighted by molar-refractivity contribution is -0.116. The molecule has 0 unspecified atom stereocenters. The lowest BCUT2D eigenvalue weighted by Crippen LogP contribution is -2.49. The molecule has 31 heavy (non-hydrogen) atoms. The highest BCUT2D eigenvalue weighted by atomic mass is 16.6. The van der Waals surface area contributed by atoms with Crippen molar-refractivity contribution >= 4 is 23.0 Å². The van der Waals surface area contributed by atoms with Gasteiger partial charge in [0.2, 0.25) is 11.6 Å².